The molecule has 7 nitrogen and oxygen atoms in total. The summed E-state index contributed by atoms with van der Waals surface area (Å²) in [7, 11) is -1.85. The molecule has 0 atom stereocenters. The van der Waals surface area contributed by atoms with Gasteiger partial charge < -0.3 is 10.1 Å². The van der Waals surface area contributed by atoms with Crippen molar-refractivity contribution < 1.29 is 17.9 Å². The molecule has 34 heavy (non-hydrogen) atoms. The third-order valence-corrected chi connectivity index (χ3v) is 8.57. The molecule has 1 aliphatic heterocycles. The number of thiazole rings is 1. The molecule has 2 aromatic carbocycles. The molecule has 9 heteroatoms. The van der Waals surface area contributed by atoms with E-state index < -0.39 is 10.0 Å². The standard InChI is InChI=1S/C25H29N3O4S2/c1-32-23-9-5-4-8-21(23)22-18-33-25(26-22)27-24(29)15-12-19-10-13-20(14-11-19)34(30,31)28-16-6-2-3-7-17-28/h4-5,8-11,13-14,18H,2-3,6-7,12,15-17H2,1H3,(H,26,27,29). The number of anilines is 1. The number of aromatic nitrogens is 1. The van der Waals surface area contributed by atoms with E-state index in [-0.39, 0.29) is 12.3 Å². The van der Waals surface area contributed by atoms with Crippen LogP contribution in [0.3, 0.4) is 0 Å². The van der Waals surface area contributed by atoms with Gasteiger partial charge in [0.2, 0.25) is 15.9 Å². The lowest BCUT2D eigenvalue weighted by Gasteiger charge is -2.20. The average Bonchev–Trinajstić information content (AvgIpc) is 3.13. The van der Waals surface area contributed by atoms with Crippen LogP contribution in [0.25, 0.3) is 11.3 Å². The maximum Gasteiger partial charge on any atom is 0.243 e. The fraction of sp³-hybridized carbons (Fsp3) is 0.360. The van der Waals surface area contributed by atoms with Gasteiger partial charge in [-0.3, -0.25) is 4.79 Å². The van der Waals surface area contributed by atoms with Crippen LogP contribution in [0.2, 0.25) is 0 Å². The largest absolute Gasteiger partial charge is 0.496 e. The maximum atomic E-state index is 12.9. The number of amides is 1. The second-order valence-corrected chi connectivity index (χ2v) is 11.0. The zero-order chi connectivity index (χ0) is 24.0. The minimum atomic E-state index is -3.46. The number of para-hydroxylation sites is 1. The number of benzene rings is 2. The number of carbonyl (C=O) groups is 1. The van der Waals surface area contributed by atoms with Crippen LogP contribution in [0.4, 0.5) is 5.13 Å². The minimum Gasteiger partial charge on any atom is -0.496 e. The van der Waals surface area contributed by atoms with E-state index in [1.165, 1.54) is 11.3 Å². The third kappa shape index (κ3) is 5.84. The molecule has 0 bridgehead atoms. The SMILES string of the molecule is COc1ccccc1-c1csc(NC(=O)CCc2ccc(S(=O)(=O)N3CCCCCC3)cc2)n1. The fourth-order valence-electron chi connectivity index (χ4n) is 4.01. The molecule has 1 amide bonds. The van der Waals surface area contributed by atoms with Gasteiger partial charge in [0.1, 0.15) is 5.75 Å². The van der Waals surface area contributed by atoms with Crippen LogP contribution in [0.15, 0.2) is 58.8 Å². The second-order valence-electron chi connectivity index (χ2n) is 8.25. The van der Waals surface area contributed by atoms with E-state index in [2.05, 4.69) is 10.3 Å². The molecule has 2 heterocycles. The maximum absolute atomic E-state index is 12.9. The monoisotopic (exact) mass is 499 g/mol. The molecule has 1 aromatic heterocycles. The molecule has 1 aliphatic rings. The van der Waals surface area contributed by atoms with Gasteiger partial charge in [-0.25, -0.2) is 13.4 Å². The lowest BCUT2D eigenvalue weighted by atomic mass is 10.1. The van der Waals surface area contributed by atoms with Gasteiger partial charge in [-0.2, -0.15) is 4.31 Å². The van der Waals surface area contributed by atoms with E-state index >= 15 is 0 Å². The topological polar surface area (TPSA) is 88.6 Å². The van der Waals surface area contributed by atoms with Crippen LogP contribution >= 0.6 is 11.3 Å². The summed E-state index contributed by atoms with van der Waals surface area (Å²) in [5.74, 6) is 0.592. The summed E-state index contributed by atoms with van der Waals surface area (Å²) in [5.41, 5.74) is 2.54. The van der Waals surface area contributed by atoms with Crippen LogP contribution < -0.4 is 10.1 Å². The number of nitrogens with zero attached hydrogens (tertiary/aromatic N) is 2. The summed E-state index contributed by atoms with van der Waals surface area (Å²) in [6, 6.07) is 14.5. The van der Waals surface area contributed by atoms with Gasteiger partial charge in [-0.1, -0.05) is 37.1 Å². The first-order valence-electron chi connectivity index (χ1n) is 11.5. The summed E-state index contributed by atoms with van der Waals surface area (Å²) in [6.45, 7) is 1.17. The van der Waals surface area contributed by atoms with Crippen LogP contribution in [0, 0.1) is 0 Å². The molecule has 0 aliphatic carbocycles. The predicted octanol–water partition coefficient (Wildman–Crippen LogP) is 4.95. The number of methoxy groups -OCH3 is 1. The van der Waals surface area contributed by atoms with E-state index in [0.29, 0.717) is 29.5 Å². The first-order valence-corrected chi connectivity index (χ1v) is 13.8. The highest BCUT2D eigenvalue weighted by molar-refractivity contribution is 7.89. The molecule has 0 radical (unpaired) electrons. The third-order valence-electron chi connectivity index (χ3n) is 5.90. The molecule has 0 saturated carbocycles. The van der Waals surface area contributed by atoms with Crippen molar-refractivity contribution in [1.82, 2.24) is 9.29 Å². The van der Waals surface area contributed by atoms with Crippen molar-refractivity contribution in [3.8, 4) is 17.0 Å². The summed E-state index contributed by atoms with van der Waals surface area (Å²) in [6.07, 6.45) is 4.77. The molecule has 3 aromatic rings. The van der Waals surface area contributed by atoms with Crippen LogP contribution in [-0.4, -0.2) is 43.8 Å². The zero-order valence-electron chi connectivity index (χ0n) is 19.2. The number of carbonyl (C=O) groups excluding carboxylic acids is 1. The highest BCUT2D eigenvalue weighted by atomic mass is 32.2. The Morgan fingerprint density at radius 2 is 1.76 bits per heavy atom. The Balaban J connectivity index is 1.33. The average molecular weight is 500 g/mol. The normalized spacial score (nSPS) is 15.0. The lowest BCUT2D eigenvalue weighted by molar-refractivity contribution is -0.116. The first-order chi connectivity index (χ1) is 16.5. The second kappa shape index (κ2) is 11.1. The van der Waals surface area contributed by atoms with Crippen molar-refractivity contribution >= 4 is 32.4 Å². The van der Waals surface area contributed by atoms with E-state index in [0.717, 1.165) is 48.3 Å². The van der Waals surface area contributed by atoms with E-state index in [9.17, 15) is 13.2 Å². The van der Waals surface area contributed by atoms with Gasteiger partial charge in [-0.15, -0.1) is 11.3 Å². The van der Waals surface area contributed by atoms with Crippen molar-refractivity contribution in [1.29, 1.82) is 0 Å². The number of hydrogen-bond acceptors (Lipinski definition) is 6. The lowest BCUT2D eigenvalue weighted by Crippen LogP contribution is -2.31. The van der Waals surface area contributed by atoms with Gasteiger partial charge >= 0.3 is 0 Å². The number of rotatable bonds is 8. The van der Waals surface area contributed by atoms with Crippen LogP contribution in [0.1, 0.15) is 37.7 Å². The van der Waals surface area contributed by atoms with Crippen molar-refractivity contribution in [2.45, 2.75) is 43.4 Å². The Labute approximate surface area is 204 Å². The van der Waals surface area contributed by atoms with Gasteiger partial charge in [0.15, 0.2) is 5.13 Å². The van der Waals surface area contributed by atoms with Crippen LogP contribution in [-0.2, 0) is 21.2 Å². The van der Waals surface area contributed by atoms with E-state index in [1.54, 1.807) is 35.7 Å². The van der Waals surface area contributed by atoms with Crippen molar-refractivity contribution in [2.75, 3.05) is 25.5 Å². The van der Waals surface area contributed by atoms with E-state index in [4.69, 9.17) is 4.74 Å². The minimum absolute atomic E-state index is 0.137. The zero-order valence-corrected chi connectivity index (χ0v) is 20.8. The van der Waals surface area contributed by atoms with E-state index in [1.807, 2.05) is 29.6 Å². The molecule has 180 valence electrons. The molecule has 1 fully saturated rings. The molecular weight excluding hydrogens is 470 g/mol. The van der Waals surface area contributed by atoms with Crippen molar-refractivity contribution in [2.24, 2.45) is 0 Å². The number of nitrogens with one attached hydrogen (secondary N) is 1. The Morgan fingerprint density at radius 1 is 1.06 bits per heavy atom. The highest BCUT2D eigenvalue weighted by Crippen LogP contribution is 2.32. The Kier molecular flexibility index (Phi) is 7.97. The summed E-state index contributed by atoms with van der Waals surface area (Å²) in [4.78, 5) is 17.3. The number of sulfonamides is 1. The van der Waals surface area contributed by atoms with Crippen molar-refractivity contribution in [3.05, 3.63) is 59.5 Å². The molecule has 1 saturated heterocycles. The van der Waals surface area contributed by atoms with Gasteiger partial charge in [0, 0.05) is 30.5 Å². The summed E-state index contributed by atoms with van der Waals surface area (Å²) < 4.78 is 32.8. The quantitative estimate of drug-likeness (QED) is 0.474. The number of hydrogen-bond donors (Lipinski definition) is 1. The fourth-order valence-corrected chi connectivity index (χ4v) is 6.25. The highest BCUT2D eigenvalue weighted by Gasteiger charge is 2.25. The summed E-state index contributed by atoms with van der Waals surface area (Å²) in [5, 5.41) is 5.27. The molecule has 1 N–H and O–H groups in total. The Morgan fingerprint density at radius 3 is 2.47 bits per heavy atom. The summed E-state index contributed by atoms with van der Waals surface area (Å²) >= 11 is 1.36. The van der Waals surface area contributed by atoms with Gasteiger partial charge in [0.05, 0.1) is 17.7 Å². The molecule has 0 unspecified atom stereocenters. The number of aryl methyl sites for hydroxylation is 1. The van der Waals surface area contributed by atoms with Gasteiger partial charge in [-0.05, 0) is 49.1 Å². The molecule has 4 rings (SSSR count). The smallest absolute Gasteiger partial charge is 0.243 e. The number of ether oxygens (including phenoxy) is 1. The predicted molar refractivity (Wildman–Crippen MR) is 135 cm³/mol. The Bertz CT molecular complexity index is 1210. The van der Waals surface area contributed by atoms with Gasteiger partial charge in [0.25, 0.3) is 0 Å². The molecule has 0 spiro atoms. The van der Waals surface area contributed by atoms with Crippen molar-refractivity contribution in [3.63, 3.8) is 0 Å². The molecular formula is C25H29N3O4S2. The van der Waals surface area contributed by atoms with Crippen LogP contribution in [0.5, 0.6) is 5.75 Å². The Hall–Kier alpha value is -2.75. The first kappa shape index (κ1) is 24.4.